The summed E-state index contributed by atoms with van der Waals surface area (Å²) in [7, 11) is 0. The fraction of sp³-hybridized carbons (Fsp3) is 1.00. The lowest BCUT2D eigenvalue weighted by molar-refractivity contribution is 0.370. The van der Waals surface area contributed by atoms with Crippen LogP contribution in [-0.4, -0.2) is 12.6 Å². The van der Waals surface area contributed by atoms with E-state index in [1.165, 1.54) is 64.3 Å². The third kappa shape index (κ3) is 5.30. The van der Waals surface area contributed by atoms with E-state index in [0.29, 0.717) is 0 Å². The lowest BCUT2D eigenvalue weighted by Gasteiger charge is -2.22. The lowest BCUT2D eigenvalue weighted by atomic mass is 9.95. The third-order valence-electron chi connectivity index (χ3n) is 3.07. The quantitative estimate of drug-likeness (QED) is 0.622. The molecular weight excluding hydrogens is 158 g/mol. The highest BCUT2D eigenvalue weighted by atomic mass is 14.9. The maximum atomic E-state index is 3.68. The van der Waals surface area contributed by atoms with Crippen molar-refractivity contribution in [3.8, 4) is 0 Å². The third-order valence-corrected chi connectivity index (χ3v) is 3.07. The van der Waals surface area contributed by atoms with Crippen LogP contribution in [0.2, 0.25) is 0 Å². The summed E-state index contributed by atoms with van der Waals surface area (Å²) in [6, 6.07) is 0.857. The van der Waals surface area contributed by atoms with Gasteiger partial charge in [0.15, 0.2) is 0 Å². The van der Waals surface area contributed by atoms with Crippen molar-refractivity contribution in [3.63, 3.8) is 0 Å². The van der Waals surface area contributed by atoms with Crippen LogP contribution in [0.4, 0.5) is 0 Å². The van der Waals surface area contributed by atoms with E-state index in [2.05, 4.69) is 12.2 Å². The molecule has 0 bridgehead atoms. The summed E-state index contributed by atoms with van der Waals surface area (Å²) in [4.78, 5) is 0. The van der Waals surface area contributed by atoms with E-state index in [1.54, 1.807) is 0 Å². The maximum absolute atomic E-state index is 3.68. The van der Waals surface area contributed by atoms with Gasteiger partial charge in [-0.15, -0.1) is 0 Å². The molecule has 1 aliphatic rings. The van der Waals surface area contributed by atoms with Crippen molar-refractivity contribution in [2.75, 3.05) is 6.54 Å². The van der Waals surface area contributed by atoms with Gasteiger partial charge in [-0.3, -0.25) is 0 Å². The van der Waals surface area contributed by atoms with Gasteiger partial charge in [0, 0.05) is 7.47 Å². The first-order chi connectivity index (χ1) is 6.43. The van der Waals surface area contributed by atoms with Gasteiger partial charge in [-0.25, -0.2) is 0 Å². The Morgan fingerprint density at radius 3 is 2.54 bits per heavy atom. The molecule has 1 heteroatoms. The van der Waals surface area contributed by atoms with E-state index in [1.807, 2.05) is 0 Å². The maximum Gasteiger partial charge on any atom is 0.00670 e. The molecule has 0 amide bonds. The van der Waals surface area contributed by atoms with Crippen LogP contribution in [0.5, 0.6) is 0 Å². The fourth-order valence-electron chi connectivity index (χ4n) is 2.16. The number of hydrogen-bond acceptors (Lipinski definition) is 1. The summed E-state index contributed by atoms with van der Waals surface area (Å²) in [5.41, 5.74) is 0. The predicted molar refractivity (Wildman–Crippen MR) is 61.1 cm³/mol. The van der Waals surface area contributed by atoms with E-state index in [9.17, 15) is 0 Å². The molecule has 0 aliphatic heterocycles. The monoisotopic (exact) mass is 185 g/mol. The summed E-state index contributed by atoms with van der Waals surface area (Å²) in [6.07, 6.45) is 12.8. The van der Waals surface area contributed by atoms with E-state index < -0.39 is 0 Å². The smallest absolute Gasteiger partial charge is 0.00670 e. The second-order valence-electron chi connectivity index (χ2n) is 4.35. The van der Waals surface area contributed by atoms with Crippen LogP contribution in [0.15, 0.2) is 0 Å². The number of hydrogen-bond donors (Lipinski definition) is 1. The topological polar surface area (TPSA) is 12.0 Å². The molecule has 0 aromatic heterocycles. The van der Waals surface area contributed by atoms with Crippen LogP contribution >= 0.6 is 0 Å². The highest BCUT2D eigenvalue weighted by molar-refractivity contribution is 4.71. The Hall–Kier alpha value is -0.0400. The molecule has 0 spiro atoms. The van der Waals surface area contributed by atoms with Gasteiger partial charge in [0.05, 0.1) is 0 Å². The van der Waals surface area contributed by atoms with Crippen molar-refractivity contribution < 1.29 is 1.43 Å². The van der Waals surface area contributed by atoms with Crippen molar-refractivity contribution in [2.24, 2.45) is 0 Å². The minimum Gasteiger partial charge on any atom is -0.314 e. The van der Waals surface area contributed by atoms with Gasteiger partial charge in [-0.05, 0) is 25.8 Å². The first kappa shape index (κ1) is 11.0. The van der Waals surface area contributed by atoms with E-state index in [4.69, 9.17) is 0 Å². The zero-order valence-electron chi connectivity index (χ0n) is 9.15. The minimum atomic E-state index is 0. The fourth-order valence-corrected chi connectivity index (χ4v) is 2.16. The Kier molecular flexibility index (Phi) is 6.26. The molecular formula is C12H27N. The normalized spacial score (nSPS) is 19.2. The van der Waals surface area contributed by atoms with Gasteiger partial charge in [-0.2, -0.15) is 0 Å². The molecule has 80 valence electrons. The molecule has 1 nitrogen and oxygen atoms in total. The number of unbranched alkanes of at least 4 members (excludes halogenated alkanes) is 3. The van der Waals surface area contributed by atoms with Crippen LogP contribution in [0, 0.1) is 0 Å². The molecule has 0 saturated heterocycles. The predicted octanol–water partition coefficient (Wildman–Crippen LogP) is 3.74. The number of nitrogens with one attached hydrogen (secondary N) is 1. The largest absolute Gasteiger partial charge is 0.314 e. The van der Waals surface area contributed by atoms with Crippen molar-refractivity contribution in [2.45, 2.75) is 70.8 Å². The Balaban J connectivity index is 0.00000169. The summed E-state index contributed by atoms with van der Waals surface area (Å²) in [5, 5.41) is 3.68. The van der Waals surface area contributed by atoms with E-state index in [-0.39, 0.29) is 1.43 Å². The second-order valence-corrected chi connectivity index (χ2v) is 4.35. The highest BCUT2D eigenvalue weighted by Crippen LogP contribution is 2.17. The standard InChI is InChI=1S/C12H25N.H2/c1-2-3-4-8-11-13-12-9-6-5-7-10-12;/h12-13H,2-11H2,1H3;1H. The van der Waals surface area contributed by atoms with Crippen LogP contribution < -0.4 is 5.32 Å². The summed E-state index contributed by atoms with van der Waals surface area (Å²) < 4.78 is 0. The first-order valence-electron chi connectivity index (χ1n) is 6.17. The molecule has 1 aliphatic carbocycles. The Morgan fingerprint density at radius 1 is 1.08 bits per heavy atom. The Labute approximate surface area is 84.8 Å². The highest BCUT2D eigenvalue weighted by Gasteiger charge is 2.11. The minimum absolute atomic E-state index is 0. The molecule has 0 aromatic carbocycles. The zero-order valence-corrected chi connectivity index (χ0v) is 9.15. The SMILES string of the molecule is CCCCCCNC1CCCCC1.[HH]. The molecule has 1 saturated carbocycles. The summed E-state index contributed by atoms with van der Waals surface area (Å²) in [5.74, 6) is 0. The molecule has 1 N–H and O–H groups in total. The molecule has 0 aromatic rings. The molecule has 13 heavy (non-hydrogen) atoms. The van der Waals surface area contributed by atoms with Crippen LogP contribution in [0.3, 0.4) is 0 Å². The first-order valence-corrected chi connectivity index (χ1v) is 6.17. The van der Waals surface area contributed by atoms with Crippen LogP contribution in [0.25, 0.3) is 0 Å². The van der Waals surface area contributed by atoms with Crippen molar-refractivity contribution in [1.82, 2.24) is 5.32 Å². The van der Waals surface area contributed by atoms with Crippen LogP contribution in [0.1, 0.15) is 66.1 Å². The molecule has 0 heterocycles. The van der Waals surface area contributed by atoms with E-state index >= 15 is 0 Å². The summed E-state index contributed by atoms with van der Waals surface area (Å²) in [6.45, 7) is 3.53. The second kappa shape index (κ2) is 7.37. The van der Waals surface area contributed by atoms with Gasteiger partial charge >= 0.3 is 0 Å². The van der Waals surface area contributed by atoms with Gasteiger partial charge in [0.2, 0.25) is 0 Å². The molecule has 0 atom stereocenters. The summed E-state index contributed by atoms with van der Waals surface area (Å²) >= 11 is 0. The molecule has 0 radical (unpaired) electrons. The molecule has 1 rings (SSSR count). The van der Waals surface area contributed by atoms with Gasteiger partial charge < -0.3 is 5.32 Å². The van der Waals surface area contributed by atoms with Crippen molar-refractivity contribution in [1.29, 1.82) is 0 Å². The Morgan fingerprint density at radius 2 is 1.85 bits per heavy atom. The van der Waals surface area contributed by atoms with Gasteiger partial charge in [-0.1, -0.05) is 45.4 Å². The zero-order chi connectivity index (χ0) is 9.36. The van der Waals surface area contributed by atoms with E-state index in [0.717, 1.165) is 6.04 Å². The van der Waals surface area contributed by atoms with Gasteiger partial charge in [0.25, 0.3) is 0 Å². The average molecular weight is 185 g/mol. The van der Waals surface area contributed by atoms with Crippen molar-refractivity contribution >= 4 is 0 Å². The van der Waals surface area contributed by atoms with Crippen molar-refractivity contribution in [3.05, 3.63) is 0 Å². The average Bonchev–Trinajstić information content (AvgIpc) is 2.19. The Bertz CT molecular complexity index is 111. The van der Waals surface area contributed by atoms with Crippen LogP contribution in [-0.2, 0) is 0 Å². The van der Waals surface area contributed by atoms with Gasteiger partial charge in [0.1, 0.15) is 0 Å². The molecule has 1 fully saturated rings. The number of rotatable bonds is 6. The lowest BCUT2D eigenvalue weighted by Crippen LogP contribution is -2.31. The molecule has 0 unspecified atom stereocenters.